The highest BCUT2D eigenvalue weighted by Gasteiger charge is 1.98. The Morgan fingerprint density at radius 3 is 2.81 bits per heavy atom. The van der Waals surface area contributed by atoms with Crippen molar-refractivity contribution >= 4 is 24.0 Å². The molecule has 2 nitrogen and oxygen atoms in total. The molecule has 0 aliphatic heterocycles. The van der Waals surface area contributed by atoms with E-state index in [9.17, 15) is 0 Å². The van der Waals surface area contributed by atoms with E-state index < -0.39 is 0 Å². The molecule has 92 valence electrons. The van der Waals surface area contributed by atoms with Gasteiger partial charge in [0, 0.05) is 18.3 Å². The molecular formula is C12H20Cl2N2. The zero-order valence-corrected chi connectivity index (χ0v) is 11.3. The molecule has 1 heterocycles. The highest BCUT2D eigenvalue weighted by Crippen LogP contribution is 2.10. The van der Waals surface area contributed by atoms with Crippen molar-refractivity contribution in [1.82, 2.24) is 10.3 Å². The van der Waals surface area contributed by atoms with Crippen LogP contribution in [0.5, 0.6) is 0 Å². The summed E-state index contributed by atoms with van der Waals surface area (Å²) in [5.41, 5.74) is 1.08. The Kier molecular flexibility index (Phi) is 9.69. The average molecular weight is 263 g/mol. The number of halogens is 2. The fourth-order valence-corrected chi connectivity index (χ4v) is 1.64. The summed E-state index contributed by atoms with van der Waals surface area (Å²) >= 11 is 5.94. The Balaban J connectivity index is 0.00000225. The van der Waals surface area contributed by atoms with Crippen molar-refractivity contribution in [2.24, 2.45) is 0 Å². The van der Waals surface area contributed by atoms with E-state index in [-0.39, 0.29) is 12.4 Å². The fourth-order valence-electron chi connectivity index (χ4n) is 1.45. The molecular weight excluding hydrogens is 243 g/mol. The van der Waals surface area contributed by atoms with Gasteiger partial charge in [0.1, 0.15) is 5.15 Å². The predicted octanol–water partition coefficient (Wildman–Crippen LogP) is 3.83. The minimum absolute atomic E-state index is 0. The molecule has 1 aromatic rings. The van der Waals surface area contributed by atoms with Crippen LogP contribution in [0.15, 0.2) is 18.3 Å². The lowest BCUT2D eigenvalue weighted by atomic mass is 10.2. The molecule has 0 fully saturated rings. The number of pyridine rings is 1. The largest absolute Gasteiger partial charge is 0.313 e. The summed E-state index contributed by atoms with van der Waals surface area (Å²) < 4.78 is 0. The second-order valence-electron chi connectivity index (χ2n) is 3.69. The second-order valence-corrected chi connectivity index (χ2v) is 4.05. The summed E-state index contributed by atoms with van der Waals surface area (Å²) in [7, 11) is 0. The number of hydrogen-bond acceptors (Lipinski definition) is 2. The van der Waals surface area contributed by atoms with Crippen molar-refractivity contribution in [2.75, 3.05) is 6.54 Å². The van der Waals surface area contributed by atoms with Crippen molar-refractivity contribution in [3.63, 3.8) is 0 Å². The Morgan fingerprint density at radius 2 is 2.12 bits per heavy atom. The minimum Gasteiger partial charge on any atom is -0.313 e. The maximum absolute atomic E-state index is 5.94. The average Bonchev–Trinajstić information content (AvgIpc) is 2.25. The third kappa shape index (κ3) is 6.31. The van der Waals surface area contributed by atoms with Crippen molar-refractivity contribution < 1.29 is 0 Å². The molecule has 1 N–H and O–H groups in total. The van der Waals surface area contributed by atoms with Crippen LogP contribution in [0.1, 0.15) is 38.2 Å². The Morgan fingerprint density at radius 1 is 1.31 bits per heavy atom. The van der Waals surface area contributed by atoms with Crippen LogP contribution in [-0.2, 0) is 6.54 Å². The van der Waals surface area contributed by atoms with Crippen LogP contribution >= 0.6 is 24.0 Å². The van der Waals surface area contributed by atoms with Crippen molar-refractivity contribution in [2.45, 2.75) is 39.2 Å². The maximum Gasteiger partial charge on any atom is 0.133 e. The highest BCUT2D eigenvalue weighted by atomic mass is 35.5. The lowest BCUT2D eigenvalue weighted by Crippen LogP contribution is -2.15. The van der Waals surface area contributed by atoms with Gasteiger partial charge in [0.25, 0.3) is 0 Å². The quantitative estimate of drug-likeness (QED) is 0.597. The van der Waals surface area contributed by atoms with E-state index in [0.717, 1.165) is 18.7 Å². The van der Waals surface area contributed by atoms with E-state index in [0.29, 0.717) is 5.15 Å². The van der Waals surface area contributed by atoms with E-state index in [1.165, 1.54) is 25.7 Å². The number of nitrogens with zero attached hydrogens (tertiary/aromatic N) is 1. The summed E-state index contributed by atoms with van der Waals surface area (Å²) in [6, 6.07) is 3.92. The minimum atomic E-state index is 0. The zero-order chi connectivity index (χ0) is 10.9. The van der Waals surface area contributed by atoms with Gasteiger partial charge in [-0.15, -0.1) is 12.4 Å². The van der Waals surface area contributed by atoms with Gasteiger partial charge in [0.15, 0.2) is 0 Å². The Bertz CT molecular complexity index is 279. The van der Waals surface area contributed by atoms with Gasteiger partial charge in [0.05, 0.1) is 0 Å². The summed E-state index contributed by atoms with van der Waals surface area (Å²) in [6.07, 6.45) is 6.88. The van der Waals surface area contributed by atoms with Crippen LogP contribution in [0.3, 0.4) is 0 Å². The third-order valence-corrected chi connectivity index (χ3v) is 2.70. The van der Waals surface area contributed by atoms with E-state index >= 15 is 0 Å². The van der Waals surface area contributed by atoms with Crippen molar-refractivity contribution in [3.05, 3.63) is 29.0 Å². The van der Waals surface area contributed by atoms with Crippen molar-refractivity contribution in [1.29, 1.82) is 0 Å². The van der Waals surface area contributed by atoms with Crippen molar-refractivity contribution in [3.8, 4) is 0 Å². The van der Waals surface area contributed by atoms with Gasteiger partial charge in [-0.1, -0.05) is 43.9 Å². The number of aromatic nitrogens is 1. The molecule has 0 radical (unpaired) electrons. The lowest BCUT2D eigenvalue weighted by molar-refractivity contribution is 0.597. The molecule has 16 heavy (non-hydrogen) atoms. The number of unbranched alkanes of at least 4 members (excludes halogenated alkanes) is 3. The van der Waals surface area contributed by atoms with E-state index in [1.54, 1.807) is 6.20 Å². The highest BCUT2D eigenvalue weighted by molar-refractivity contribution is 6.30. The molecule has 0 bridgehead atoms. The van der Waals surface area contributed by atoms with E-state index in [4.69, 9.17) is 11.6 Å². The lowest BCUT2D eigenvalue weighted by Gasteiger charge is -2.05. The summed E-state index contributed by atoms with van der Waals surface area (Å²) in [4.78, 5) is 4.03. The van der Waals surface area contributed by atoms with E-state index in [1.807, 2.05) is 12.1 Å². The van der Waals surface area contributed by atoms with Gasteiger partial charge in [-0.25, -0.2) is 4.98 Å². The summed E-state index contributed by atoms with van der Waals surface area (Å²) in [5.74, 6) is 0. The molecule has 0 amide bonds. The normalized spacial score (nSPS) is 9.88. The molecule has 0 saturated carbocycles. The molecule has 0 spiro atoms. The molecule has 4 heteroatoms. The summed E-state index contributed by atoms with van der Waals surface area (Å²) in [6.45, 7) is 4.10. The molecule has 1 aromatic heterocycles. The maximum atomic E-state index is 5.94. The molecule has 0 saturated heterocycles. The molecule has 0 atom stereocenters. The second kappa shape index (κ2) is 9.88. The smallest absolute Gasteiger partial charge is 0.133 e. The Labute approximate surface area is 109 Å². The van der Waals surface area contributed by atoms with Gasteiger partial charge >= 0.3 is 0 Å². The van der Waals surface area contributed by atoms with Crippen LogP contribution < -0.4 is 5.32 Å². The van der Waals surface area contributed by atoms with E-state index in [2.05, 4.69) is 17.2 Å². The first-order valence-corrected chi connectivity index (χ1v) is 6.02. The van der Waals surface area contributed by atoms with Gasteiger partial charge in [-0.05, 0) is 19.0 Å². The first-order chi connectivity index (χ1) is 7.34. The number of nitrogens with one attached hydrogen (secondary N) is 1. The fraction of sp³-hybridized carbons (Fsp3) is 0.583. The van der Waals surface area contributed by atoms with Gasteiger partial charge in [0.2, 0.25) is 0 Å². The van der Waals surface area contributed by atoms with Gasteiger partial charge in [-0.3, -0.25) is 0 Å². The molecule has 0 aliphatic carbocycles. The zero-order valence-electron chi connectivity index (χ0n) is 9.71. The van der Waals surface area contributed by atoms with Crippen LogP contribution in [0, 0.1) is 0 Å². The first kappa shape index (κ1) is 15.7. The molecule has 1 rings (SSSR count). The predicted molar refractivity (Wildman–Crippen MR) is 72.3 cm³/mol. The molecule has 0 aromatic carbocycles. The van der Waals surface area contributed by atoms with Crippen LogP contribution in [0.25, 0.3) is 0 Å². The molecule has 0 unspecified atom stereocenters. The van der Waals surface area contributed by atoms with Gasteiger partial charge in [-0.2, -0.15) is 0 Å². The SMILES string of the molecule is CCCCCCNCc1cccnc1Cl.Cl. The number of rotatable bonds is 7. The standard InChI is InChI=1S/C12H19ClN2.ClH/c1-2-3-4-5-8-14-10-11-7-6-9-15-12(11)13;/h6-7,9,14H,2-5,8,10H2,1H3;1H. The summed E-state index contributed by atoms with van der Waals surface area (Å²) in [5, 5.41) is 3.99. The third-order valence-electron chi connectivity index (χ3n) is 2.36. The number of hydrogen-bond donors (Lipinski definition) is 1. The van der Waals surface area contributed by atoms with Crippen LogP contribution in [0.4, 0.5) is 0 Å². The first-order valence-electron chi connectivity index (χ1n) is 5.64. The van der Waals surface area contributed by atoms with Crippen LogP contribution in [0.2, 0.25) is 5.15 Å². The van der Waals surface area contributed by atoms with Gasteiger partial charge < -0.3 is 5.32 Å². The van der Waals surface area contributed by atoms with Crippen LogP contribution in [-0.4, -0.2) is 11.5 Å². The topological polar surface area (TPSA) is 24.9 Å². The monoisotopic (exact) mass is 262 g/mol. The molecule has 0 aliphatic rings. The Hall–Kier alpha value is -0.310.